The van der Waals surface area contributed by atoms with Crippen molar-refractivity contribution in [2.75, 3.05) is 10.7 Å². The van der Waals surface area contributed by atoms with Crippen molar-refractivity contribution in [3.05, 3.63) is 128 Å². The lowest BCUT2D eigenvalue weighted by atomic mass is 9.99. The van der Waals surface area contributed by atoms with Gasteiger partial charge in [-0.25, -0.2) is 9.97 Å². The number of hydrazine groups is 1. The molecule has 0 saturated carbocycles. The summed E-state index contributed by atoms with van der Waals surface area (Å²) in [6.45, 7) is 0. The van der Waals surface area contributed by atoms with Gasteiger partial charge in [0.05, 0.1) is 15.9 Å². The number of nitro benzene ring substituents is 1. The lowest BCUT2D eigenvalue weighted by molar-refractivity contribution is -0.384. The zero-order chi connectivity index (χ0) is 25.5. The molecule has 0 fully saturated rings. The van der Waals surface area contributed by atoms with E-state index in [1.54, 1.807) is 0 Å². The minimum absolute atomic E-state index is 0.0557. The number of nitrogens with zero attached hydrogens (tertiary/aromatic N) is 4. The van der Waals surface area contributed by atoms with E-state index in [4.69, 9.17) is 0 Å². The molecule has 1 amide bonds. The van der Waals surface area contributed by atoms with Crippen molar-refractivity contribution in [1.29, 1.82) is 0 Å². The van der Waals surface area contributed by atoms with E-state index in [0.29, 0.717) is 0 Å². The molecule has 4 rings (SSSR count). The van der Waals surface area contributed by atoms with Crippen molar-refractivity contribution in [3.8, 4) is 0 Å². The van der Waals surface area contributed by atoms with Crippen LogP contribution < -0.4 is 16.2 Å². The van der Waals surface area contributed by atoms with Crippen molar-refractivity contribution >= 4 is 28.9 Å². The molecule has 12 heteroatoms. The number of carbonyl (C=O) groups is 1. The topological polar surface area (TPSA) is 165 Å². The molecule has 0 atom stereocenters. The van der Waals surface area contributed by atoms with Crippen LogP contribution in [0.15, 0.2) is 91.3 Å². The molecule has 3 N–H and O–H groups in total. The number of nitrogens with one attached hydrogen (secondary N) is 3. The van der Waals surface area contributed by atoms with Gasteiger partial charge >= 0.3 is 5.69 Å². The second-order valence-electron chi connectivity index (χ2n) is 7.46. The number of anilines is 2. The van der Waals surface area contributed by atoms with Gasteiger partial charge in [-0.1, -0.05) is 60.7 Å². The Morgan fingerprint density at radius 1 is 0.750 bits per heavy atom. The van der Waals surface area contributed by atoms with Crippen LogP contribution in [0.1, 0.15) is 27.5 Å². The van der Waals surface area contributed by atoms with Crippen LogP contribution in [0.25, 0.3) is 0 Å². The Morgan fingerprint density at radius 3 is 1.83 bits per heavy atom. The fraction of sp³-hybridized carbons (Fsp3) is 0.0417. The largest absolute Gasteiger partial charge is 0.354 e. The van der Waals surface area contributed by atoms with Crippen LogP contribution in [0.5, 0.6) is 0 Å². The van der Waals surface area contributed by atoms with Crippen LogP contribution in [-0.4, -0.2) is 25.7 Å². The second-order valence-corrected chi connectivity index (χ2v) is 7.46. The van der Waals surface area contributed by atoms with Crippen molar-refractivity contribution in [3.63, 3.8) is 0 Å². The van der Waals surface area contributed by atoms with Gasteiger partial charge in [-0.05, 0) is 23.3 Å². The van der Waals surface area contributed by atoms with Gasteiger partial charge in [0.1, 0.15) is 6.33 Å². The predicted octanol–water partition coefficient (Wildman–Crippen LogP) is 4.25. The molecule has 0 bridgehead atoms. The van der Waals surface area contributed by atoms with E-state index in [9.17, 15) is 25.0 Å². The number of carbonyl (C=O) groups excluding carboxylic acids is 1. The van der Waals surface area contributed by atoms with Crippen molar-refractivity contribution in [2.45, 2.75) is 6.04 Å². The zero-order valence-corrected chi connectivity index (χ0v) is 18.6. The van der Waals surface area contributed by atoms with E-state index >= 15 is 0 Å². The Balaban J connectivity index is 1.60. The zero-order valence-electron chi connectivity index (χ0n) is 18.6. The van der Waals surface area contributed by atoms with E-state index in [1.807, 2.05) is 60.7 Å². The molecule has 180 valence electrons. The van der Waals surface area contributed by atoms with Gasteiger partial charge in [-0.3, -0.25) is 35.9 Å². The van der Waals surface area contributed by atoms with Crippen LogP contribution in [0.3, 0.4) is 0 Å². The minimum atomic E-state index is -0.668. The Bertz CT molecular complexity index is 1340. The number of amides is 1. The van der Waals surface area contributed by atoms with E-state index < -0.39 is 27.5 Å². The Kier molecular flexibility index (Phi) is 7.06. The lowest BCUT2D eigenvalue weighted by Gasteiger charge is -2.20. The maximum absolute atomic E-state index is 12.4. The van der Waals surface area contributed by atoms with Gasteiger partial charge in [0.25, 0.3) is 11.6 Å². The first-order chi connectivity index (χ1) is 17.4. The monoisotopic (exact) mass is 485 g/mol. The number of hydrogen-bond donors (Lipinski definition) is 3. The summed E-state index contributed by atoms with van der Waals surface area (Å²) in [5.41, 5.74) is 5.96. The summed E-state index contributed by atoms with van der Waals surface area (Å²) in [5.74, 6) is -0.966. The van der Waals surface area contributed by atoms with Crippen LogP contribution in [0.4, 0.5) is 23.0 Å². The third kappa shape index (κ3) is 5.39. The molecule has 0 spiro atoms. The van der Waals surface area contributed by atoms with Crippen LogP contribution in [0.2, 0.25) is 0 Å². The maximum atomic E-state index is 12.4. The summed E-state index contributed by atoms with van der Waals surface area (Å²) in [4.78, 5) is 42.0. The summed E-state index contributed by atoms with van der Waals surface area (Å²) in [6, 6.07) is 23.2. The van der Waals surface area contributed by atoms with Crippen LogP contribution in [0, 0.1) is 20.2 Å². The molecule has 0 aliphatic carbocycles. The standard InChI is InChI=1S/C24H19N7O5/c32-24(18-11-13-19(14-12-18)30(33)34)29-28-23-21(31(35)36)22(25-15-26-23)27-20(16-7-3-1-4-8-16)17-9-5-2-6-10-17/h1-15,20H,(H,29,32)(H2,25,26,27,28). The Hall–Kier alpha value is -5.39. The summed E-state index contributed by atoms with van der Waals surface area (Å²) in [6.07, 6.45) is 1.13. The first kappa shape index (κ1) is 23.8. The third-order valence-corrected chi connectivity index (χ3v) is 5.19. The highest BCUT2D eigenvalue weighted by atomic mass is 16.6. The van der Waals surface area contributed by atoms with Gasteiger partial charge in [0.15, 0.2) is 0 Å². The van der Waals surface area contributed by atoms with E-state index in [0.717, 1.165) is 17.5 Å². The normalized spacial score (nSPS) is 10.5. The quantitative estimate of drug-likeness (QED) is 0.232. The van der Waals surface area contributed by atoms with Gasteiger partial charge in [0.2, 0.25) is 11.6 Å². The summed E-state index contributed by atoms with van der Waals surface area (Å²) >= 11 is 0. The molecular formula is C24H19N7O5. The molecule has 0 aliphatic rings. The van der Waals surface area contributed by atoms with E-state index in [1.165, 1.54) is 24.3 Å². The van der Waals surface area contributed by atoms with Crippen molar-refractivity contribution in [1.82, 2.24) is 15.4 Å². The molecule has 1 heterocycles. The van der Waals surface area contributed by atoms with Crippen molar-refractivity contribution in [2.24, 2.45) is 0 Å². The van der Waals surface area contributed by atoms with E-state index in [-0.39, 0.29) is 22.9 Å². The van der Waals surface area contributed by atoms with Gasteiger partial charge < -0.3 is 5.32 Å². The molecule has 0 aliphatic heterocycles. The number of aromatic nitrogens is 2. The summed E-state index contributed by atoms with van der Waals surface area (Å²) in [7, 11) is 0. The average molecular weight is 485 g/mol. The molecule has 12 nitrogen and oxygen atoms in total. The molecule has 4 aromatic rings. The molecule has 3 aromatic carbocycles. The molecule has 36 heavy (non-hydrogen) atoms. The highest BCUT2D eigenvalue weighted by Crippen LogP contribution is 2.33. The average Bonchev–Trinajstić information content (AvgIpc) is 2.91. The van der Waals surface area contributed by atoms with Gasteiger partial charge in [0, 0.05) is 17.7 Å². The second kappa shape index (κ2) is 10.7. The van der Waals surface area contributed by atoms with Crippen LogP contribution in [-0.2, 0) is 0 Å². The molecule has 0 radical (unpaired) electrons. The maximum Gasteiger partial charge on any atom is 0.354 e. The smallest absolute Gasteiger partial charge is 0.353 e. The minimum Gasteiger partial charge on any atom is -0.353 e. The molecule has 0 saturated heterocycles. The number of non-ortho nitro benzene ring substituents is 1. The van der Waals surface area contributed by atoms with E-state index in [2.05, 4.69) is 26.1 Å². The summed E-state index contributed by atoms with van der Waals surface area (Å²) in [5, 5.41) is 25.9. The molecular weight excluding hydrogens is 466 g/mol. The highest BCUT2D eigenvalue weighted by molar-refractivity contribution is 5.95. The SMILES string of the molecule is O=C(NNc1ncnc(NC(c2ccccc2)c2ccccc2)c1[N+](=O)[O-])c1ccc([N+](=O)[O-])cc1. The number of benzene rings is 3. The third-order valence-electron chi connectivity index (χ3n) is 5.19. The highest BCUT2D eigenvalue weighted by Gasteiger charge is 2.26. The fourth-order valence-electron chi connectivity index (χ4n) is 3.46. The van der Waals surface area contributed by atoms with Crippen molar-refractivity contribution < 1.29 is 14.6 Å². The fourth-order valence-corrected chi connectivity index (χ4v) is 3.46. The molecule has 1 aromatic heterocycles. The Labute approximate surface area is 204 Å². The number of rotatable bonds is 9. The number of nitro groups is 2. The first-order valence-corrected chi connectivity index (χ1v) is 10.6. The predicted molar refractivity (Wildman–Crippen MR) is 131 cm³/mol. The lowest BCUT2D eigenvalue weighted by Crippen LogP contribution is -2.30. The summed E-state index contributed by atoms with van der Waals surface area (Å²) < 4.78 is 0. The molecule has 0 unspecified atom stereocenters. The Morgan fingerprint density at radius 2 is 1.31 bits per heavy atom. The van der Waals surface area contributed by atoms with Gasteiger partial charge in [-0.15, -0.1) is 0 Å². The number of hydrogen-bond acceptors (Lipinski definition) is 9. The van der Waals surface area contributed by atoms with Gasteiger partial charge in [-0.2, -0.15) is 0 Å². The van der Waals surface area contributed by atoms with Crippen LogP contribution >= 0.6 is 0 Å². The first-order valence-electron chi connectivity index (χ1n) is 10.6.